The van der Waals surface area contributed by atoms with Gasteiger partial charge in [0.1, 0.15) is 11.6 Å². The van der Waals surface area contributed by atoms with Gasteiger partial charge in [-0.25, -0.2) is 4.39 Å². The molecule has 2 amide bonds. The van der Waals surface area contributed by atoms with Gasteiger partial charge in [0.05, 0.1) is 10.6 Å². The van der Waals surface area contributed by atoms with Crippen LogP contribution in [0.5, 0.6) is 5.75 Å². The summed E-state index contributed by atoms with van der Waals surface area (Å²) in [6, 6.07) is 9.94. The topological polar surface area (TPSA) is 67.4 Å². The van der Waals surface area contributed by atoms with Crippen LogP contribution in [0.2, 0.25) is 5.02 Å². The molecule has 0 atom stereocenters. The van der Waals surface area contributed by atoms with Crippen LogP contribution in [0, 0.1) is 5.82 Å². The van der Waals surface area contributed by atoms with E-state index < -0.39 is 5.91 Å². The molecule has 0 unspecified atom stereocenters. The number of hydrogen-bond acceptors (Lipinski definition) is 3. The third-order valence-electron chi connectivity index (χ3n) is 3.02. The van der Waals surface area contributed by atoms with Gasteiger partial charge < -0.3 is 15.4 Å². The molecule has 2 rings (SSSR count). The molecule has 0 fully saturated rings. The molecule has 0 spiro atoms. The zero-order valence-electron chi connectivity index (χ0n) is 12.9. The van der Waals surface area contributed by atoms with Crippen LogP contribution in [0.15, 0.2) is 42.5 Å². The van der Waals surface area contributed by atoms with Crippen LogP contribution in [-0.2, 0) is 4.79 Å². The minimum absolute atomic E-state index is 0.245. The van der Waals surface area contributed by atoms with Crippen molar-refractivity contribution in [1.82, 2.24) is 5.32 Å². The monoisotopic (exact) mass is 350 g/mol. The van der Waals surface area contributed by atoms with E-state index in [1.54, 1.807) is 13.0 Å². The summed E-state index contributed by atoms with van der Waals surface area (Å²) < 4.78 is 18.0. The normalized spacial score (nSPS) is 10.1. The molecule has 2 N–H and O–H groups in total. The quantitative estimate of drug-likeness (QED) is 0.840. The third-order valence-corrected chi connectivity index (χ3v) is 3.35. The van der Waals surface area contributed by atoms with Crippen LogP contribution >= 0.6 is 11.6 Å². The highest BCUT2D eigenvalue weighted by Crippen LogP contribution is 2.20. The highest BCUT2D eigenvalue weighted by Gasteiger charge is 2.12. The molecular weight excluding hydrogens is 335 g/mol. The van der Waals surface area contributed by atoms with E-state index in [1.807, 2.05) is 0 Å². The fourth-order valence-electron chi connectivity index (χ4n) is 1.91. The van der Waals surface area contributed by atoms with Gasteiger partial charge in [-0.1, -0.05) is 11.6 Å². The molecule has 0 radical (unpaired) electrons. The van der Waals surface area contributed by atoms with Crippen LogP contribution in [0.25, 0.3) is 0 Å². The van der Waals surface area contributed by atoms with E-state index in [-0.39, 0.29) is 23.9 Å². The molecule has 7 heteroatoms. The zero-order chi connectivity index (χ0) is 17.5. The molecule has 0 aliphatic carbocycles. The predicted molar refractivity (Wildman–Crippen MR) is 90.0 cm³/mol. The molecular formula is C17H16ClFN2O3. The van der Waals surface area contributed by atoms with Crippen molar-refractivity contribution in [1.29, 1.82) is 0 Å². The molecule has 0 bridgehead atoms. The first-order chi connectivity index (χ1) is 11.5. The Morgan fingerprint density at radius 3 is 2.54 bits per heavy atom. The summed E-state index contributed by atoms with van der Waals surface area (Å²) in [7, 11) is 0. The van der Waals surface area contributed by atoms with E-state index in [1.165, 1.54) is 36.4 Å². The number of hydrogen-bond donors (Lipinski definition) is 2. The lowest BCUT2D eigenvalue weighted by Crippen LogP contribution is -2.24. The second-order valence-corrected chi connectivity index (χ2v) is 5.25. The van der Waals surface area contributed by atoms with Crippen molar-refractivity contribution in [2.45, 2.75) is 6.92 Å². The van der Waals surface area contributed by atoms with Gasteiger partial charge in [-0.2, -0.15) is 0 Å². The number of nitrogens with one attached hydrogen (secondary N) is 2. The molecule has 5 nitrogen and oxygen atoms in total. The highest BCUT2D eigenvalue weighted by atomic mass is 35.5. The molecule has 2 aromatic carbocycles. The van der Waals surface area contributed by atoms with Crippen LogP contribution < -0.4 is 15.4 Å². The lowest BCUT2D eigenvalue weighted by Gasteiger charge is -2.10. The van der Waals surface area contributed by atoms with Crippen LogP contribution in [0.3, 0.4) is 0 Å². The second kappa shape index (κ2) is 8.31. The van der Waals surface area contributed by atoms with Gasteiger partial charge in [-0.05, 0) is 49.4 Å². The minimum atomic E-state index is -0.413. The summed E-state index contributed by atoms with van der Waals surface area (Å²) in [5.74, 6) is -0.735. The second-order valence-electron chi connectivity index (χ2n) is 4.84. The average Bonchev–Trinajstić information content (AvgIpc) is 2.56. The van der Waals surface area contributed by atoms with E-state index in [2.05, 4.69) is 10.6 Å². The van der Waals surface area contributed by atoms with Crippen molar-refractivity contribution >= 4 is 29.1 Å². The summed E-state index contributed by atoms with van der Waals surface area (Å²) in [5.41, 5.74) is 0.698. The Morgan fingerprint density at radius 1 is 1.17 bits per heavy atom. The smallest absolute Gasteiger partial charge is 0.262 e. The number of rotatable bonds is 6. The Bertz CT molecular complexity index is 735. The molecule has 0 heterocycles. The van der Waals surface area contributed by atoms with Crippen LogP contribution in [-0.4, -0.2) is 25.0 Å². The highest BCUT2D eigenvalue weighted by molar-refractivity contribution is 6.34. The molecule has 0 aliphatic heterocycles. The predicted octanol–water partition coefficient (Wildman–Crippen LogP) is 3.25. The Kier molecular flexibility index (Phi) is 6.14. The van der Waals surface area contributed by atoms with Gasteiger partial charge >= 0.3 is 0 Å². The first-order valence-corrected chi connectivity index (χ1v) is 7.63. The number of anilines is 1. The number of benzene rings is 2. The SMILES string of the molecule is CCNC(=O)c1cc(NC(=O)COc2ccc(F)cc2)ccc1Cl. The first kappa shape index (κ1) is 17.7. The number of ether oxygens (including phenoxy) is 1. The molecule has 0 aromatic heterocycles. The first-order valence-electron chi connectivity index (χ1n) is 7.25. The van der Waals surface area contributed by atoms with Gasteiger partial charge in [0.15, 0.2) is 6.61 Å². The fraction of sp³-hybridized carbons (Fsp3) is 0.176. The van der Waals surface area contributed by atoms with Crippen LogP contribution in [0.4, 0.5) is 10.1 Å². The van der Waals surface area contributed by atoms with Gasteiger partial charge in [-0.3, -0.25) is 9.59 Å². The molecule has 126 valence electrons. The molecule has 24 heavy (non-hydrogen) atoms. The maximum absolute atomic E-state index is 12.8. The van der Waals surface area contributed by atoms with Crippen molar-refractivity contribution < 1.29 is 18.7 Å². The lowest BCUT2D eigenvalue weighted by molar-refractivity contribution is -0.118. The van der Waals surface area contributed by atoms with Crippen molar-refractivity contribution in [3.8, 4) is 5.75 Å². The van der Waals surface area contributed by atoms with Gasteiger partial charge in [0.2, 0.25) is 0 Å². The van der Waals surface area contributed by atoms with Gasteiger partial charge in [0, 0.05) is 12.2 Å². The van der Waals surface area contributed by atoms with E-state index in [0.717, 1.165) is 0 Å². The molecule has 2 aromatic rings. The summed E-state index contributed by atoms with van der Waals surface area (Å²) in [5, 5.41) is 5.55. The van der Waals surface area contributed by atoms with Crippen molar-refractivity contribution in [2.24, 2.45) is 0 Å². The van der Waals surface area contributed by atoms with Crippen molar-refractivity contribution in [3.05, 3.63) is 58.9 Å². The Morgan fingerprint density at radius 2 is 1.88 bits per heavy atom. The largest absolute Gasteiger partial charge is 0.484 e. The number of carbonyl (C=O) groups excluding carboxylic acids is 2. The zero-order valence-corrected chi connectivity index (χ0v) is 13.7. The standard InChI is InChI=1S/C17H16ClFN2O3/c1-2-20-17(23)14-9-12(5-8-15(14)18)21-16(22)10-24-13-6-3-11(19)4-7-13/h3-9H,2,10H2,1H3,(H,20,23)(H,21,22). The van der Waals surface area contributed by atoms with Crippen LogP contribution in [0.1, 0.15) is 17.3 Å². The average molecular weight is 351 g/mol. The summed E-state index contributed by atoms with van der Waals surface area (Å²) in [4.78, 5) is 23.8. The summed E-state index contributed by atoms with van der Waals surface area (Å²) in [6.45, 7) is 2.02. The van der Waals surface area contributed by atoms with Gasteiger partial charge in [-0.15, -0.1) is 0 Å². The van der Waals surface area contributed by atoms with Crippen molar-refractivity contribution in [3.63, 3.8) is 0 Å². The van der Waals surface area contributed by atoms with E-state index >= 15 is 0 Å². The van der Waals surface area contributed by atoms with Gasteiger partial charge in [0.25, 0.3) is 11.8 Å². The molecule has 0 saturated carbocycles. The fourth-order valence-corrected chi connectivity index (χ4v) is 2.11. The molecule has 0 aliphatic rings. The molecule has 0 saturated heterocycles. The summed E-state index contributed by atoms with van der Waals surface area (Å²) >= 11 is 5.99. The Balaban J connectivity index is 1.97. The minimum Gasteiger partial charge on any atom is -0.484 e. The lowest BCUT2D eigenvalue weighted by atomic mass is 10.2. The maximum atomic E-state index is 12.8. The number of carbonyl (C=O) groups is 2. The van der Waals surface area contributed by atoms with Crippen molar-refractivity contribution in [2.75, 3.05) is 18.5 Å². The Hall–Kier alpha value is -2.60. The summed E-state index contributed by atoms with van der Waals surface area (Å²) in [6.07, 6.45) is 0. The number of halogens is 2. The van der Waals surface area contributed by atoms with E-state index in [4.69, 9.17) is 16.3 Å². The third kappa shape index (κ3) is 4.96. The maximum Gasteiger partial charge on any atom is 0.262 e. The number of amides is 2. The van der Waals surface area contributed by atoms with E-state index in [9.17, 15) is 14.0 Å². The Labute approximate surface area is 143 Å². The van der Waals surface area contributed by atoms with E-state index in [0.29, 0.717) is 23.0 Å².